The standard InChI is InChI=1S/C17H18ClNO2/c1-11(2)21-15-6-4-5-13(9-15)17(20)19-16-10-14(18)8-7-12(16)3/h4-11H,1-3H3,(H,19,20). The second-order valence-corrected chi connectivity index (χ2v) is 5.54. The second-order valence-electron chi connectivity index (χ2n) is 5.11. The molecule has 2 aromatic carbocycles. The van der Waals surface area contributed by atoms with E-state index < -0.39 is 0 Å². The van der Waals surface area contributed by atoms with E-state index in [4.69, 9.17) is 16.3 Å². The minimum absolute atomic E-state index is 0.0680. The lowest BCUT2D eigenvalue weighted by Crippen LogP contribution is -2.13. The number of halogens is 1. The van der Waals surface area contributed by atoms with E-state index in [-0.39, 0.29) is 12.0 Å². The van der Waals surface area contributed by atoms with Gasteiger partial charge in [0.1, 0.15) is 5.75 Å². The summed E-state index contributed by atoms with van der Waals surface area (Å²) < 4.78 is 5.60. The number of hydrogen-bond donors (Lipinski definition) is 1. The summed E-state index contributed by atoms with van der Waals surface area (Å²) in [6, 6.07) is 12.5. The van der Waals surface area contributed by atoms with Crippen molar-refractivity contribution in [2.24, 2.45) is 0 Å². The SMILES string of the molecule is Cc1ccc(Cl)cc1NC(=O)c1cccc(OC(C)C)c1. The predicted molar refractivity (Wildman–Crippen MR) is 86.3 cm³/mol. The zero-order chi connectivity index (χ0) is 15.4. The topological polar surface area (TPSA) is 38.3 Å². The summed E-state index contributed by atoms with van der Waals surface area (Å²) in [4.78, 5) is 12.3. The number of benzene rings is 2. The van der Waals surface area contributed by atoms with E-state index in [1.165, 1.54) is 0 Å². The highest BCUT2D eigenvalue weighted by Crippen LogP contribution is 2.22. The second kappa shape index (κ2) is 6.64. The number of ether oxygens (including phenoxy) is 1. The third-order valence-corrected chi connectivity index (χ3v) is 3.15. The highest BCUT2D eigenvalue weighted by molar-refractivity contribution is 6.31. The van der Waals surface area contributed by atoms with Crippen LogP contribution in [0.3, 0.4) is 0 Å². The maximum atomic E-state index is 12.3. The van der Waals surface area contributed by atoms with Gasteiger partial charge in [-0.05, 0) is 56.7 Å². The third kappa shape index (κ3) is 4.23. The van der Waals surface area contributed by atoms with Gasteiger partial charge in [0.25, 0.3) is 5.91 Å². The molecule has 110 valence electrons. The molecule has 2 aromatic rings. The van der Waals surface area contributed by atoms with Crippen molar-refractivity contribution in [1.29, 1.82) is 0 Å². The number of carbonyl (C=O) groups excluding carboxylic acids is 1. The molecule has 0 aliphatic carbocycles. The largest absolute Gasteiger partial charge is 0.491 e. The predicted octanol–water partition coefficient (Wildman–Crippen LogP) is 4.69. The van der Waals surface area contributed by atoms with Crippen molar-refractivity contribution in [3.63, 3.8) is 0 Å². The maximum absolute atomic E-state index is 12.3. The molecular formula is C17H18ClNO2. The minimum atomic E-state index is -0.186. The van der Waals surface area contributed by atoms with Gasteiger partial charge >= 0.3 is 0 Å². The van der Waals surface area contributed by atoms with E-state index in [2.05, 4.69) is 5.32 Å². The smallest absolute Gasteiger partial charge is 0.255 e. The van der Waals surface area contributed by atoms with Crippen molar-refractivity contribution < 1.29 is 9.53 Å². The summed E-state index contributed by atoms with van der Waals surface area (Å²) in [5, 5.41) is 3.46. The normalized spacial score (nSPS) is 10.5. The van der Waals surface area contributed by atoms with Gasteiger partial charge in [0.2, 0.25) is 0 Å². The lowest BCUT2D eigenvalue weighted by Gasteiger charge is -2.12. The number of nitrogens with one attached hydrogen (secondary N) is 1. The Morgan fingerprint density at radius 3 is 2.67 bits per heavy atom. The van der Waals surface area contributed by atoms with Gasteiger partial charge in [0.05, 0.1) is 6.10 Å². The summed E-state index contributed by atoms with van der Waals surface area (Å²) in [5.41, 5.74) is 2.22. The van der Waals surface area contributed by atoms with Crippen molar-refractivity contribution in [1.82, 2.24) is 0 Å². The molecule has 0 bridgehead atoms. The van der Waals surface area contributed by atoms with E-state index in [1.807, 2.05) is 32.9 Å². The van der Waals surface area contributed by atoms with Crippen LogP contribution in [0.15, 0.2) is 42.5 Å². The quantitative estimate of drug-likeness (QED) is 0.890. The molecule has 1 N–H and O–H groups in total. The van der Waals surface area contributed by atoms with Crippen LogP contribution in [0.2, 0.25) is 5.02 Å². The fourth-order valence-corrected chi connectivity index (χ4v) is 2.08. The summed E-state index contributed by atoms with van der Waals surface area (Å²) in [6.45, 7) is 5.81. The Morgan fingerprint density at radius 2 is 1.95 bits per heavy atom. The molecule has 2 rings (SSSR count). The van der Waals surface area contributed by atoms with Gasteiger partial charge in [-0.15, -0.1) is 0 Å². The van der Waals surface area contributed by atoms with Gasteiger partial charge in [0, 0.05) is 16.3 Å². The zero-order valence-electron chi connectivity index (χ0n) is 12.3. The molecule has 0 aliphatic rings. The Labute approximate surface area is 129 Å². The molecule has 0 saturated carbocycles. The third-order valence-electron chi connectivity index (χ3n) is 2.92. The van der Waals surface area contributed by atoms with Crippen LogP contribution < -0.4 is 10.1 Å². The molecule has 0 atom stereocenters. The van der Waals surface area contributed by atoms with Gasteiger partial charge in [0.15, 0.2) is 0 Å². The van der Waals surface area contributed by atoms with E-state index in [0.717, 1.165) is 5.56 Å². The first-order valence-corrected chi connectivity index (χ1v) is 7.17. The molecule has 0 spiro atoms. The molecule has 0 saturated heterocycles. The Morgan fingerprint density at radius 1 is 1.19 bits per heavy atom. The molecule has 0 aromatic heterocycles. The molecule has 0 radical (unpaired) electrons. The molecule has 0 aliphatic heterocycles. The highest BCUT2D eigenvalue weighted by atomic mass is 35.5. The average Bonchev–Trinajstić information content (AvgIpc) is 2.42. The Balaban J connectivity index is 2.18. The van der Waals surface area contributed by atoms with E-state index in [1.54, 1.807) is 30.3 Å². The average molecular weight is 304 g/mol. The van der Waals surface area contributed by atoms with Crippen LogP contribution in [0, 0.1) is 6.92 Å². The molecular weight excluding hydrogens is 286 g/mol. The van der Waals surface area contributed by atoms with Crippen LogP contribution in [-0.2, 0) is 0 Å². The van der Waals surface area contributed by atoms with E-state index >= 15 is 0 Å². The lowest BCUT2D eigenvalue weighted by molar-refractivity contribution is 0.102. The fourth-order valence-electron chi connectivity index (χ4n) is 1.91. The number of hydrogen-bond acceptors (Lipinski definition) is 2. The number of aryl methyl sites for hydroxylation is 1. The van der Waals surface area contributed by atoms with Gasteiger partial charge in [-0.2, -0.15) is 0 Å². The van der Waals surface area contributed by atoms with E-state index in [0.29, 0.717) is 22.0 Å². The monoisotopic (exact) mass is 303 g/mol. The molecule has 1 amide bonds. The van der Waals surface area contributed by atoms with Crippen molar-refractivity contribution in [2.45, 2.75) is 26.9 Å². The Hall–Kier alpha value is -2.00. The maximum Gasteiger partial charge on any atom is 0.255 e. The van der Waals surface area contributed by atoms with Crippen molar-refractivity contribution in [3.8, 4) is 5.75 Å². The highest BCUT2D eigenvalue weighted by Gasteiger charge is 2.09. The van der Waals surface area contributed by atoms with Crippen LogP contribution in [0.4, 0.5) is 5.69 Å². The molecule has 0 fully saturated rings. The molecule has 4 heteroatoms. The molecule has 0 unspecified atom stereocenters. The fraction of sp³-hybridized carbons (Fsp3) is 0.235. The van der Waals surface area contributed by atoms with Crippen molar-refractivity contribution >= 4 is 23.2 Å². The summed E-state index contributed by atoms with van der Waals surface area (Å²) >= 11 is 5.96. The first-order chi connectivity index (χ1) is 9.95. The van der Waals surface area contributed by atoms with Gasteiger partial charge in [-0.3, -0.25) is 4.79 Å². The van der Waals surface area contributed by atoms with Gasteiger partial charge in [-0.1, -0.05) is 23.7 Å². The minimum Gasteiger partial charge on any atom is -0.491 e. The Kier molecular flexibility index (Phi) is 4.86. The lowest BCUT2D eigenvalue weighted by atomic mass is 10.1. The zero-order valence-corrected chi connectivity index (χ0v) is 13.1. The first kappa shape index (κ1) is 15.4. The Bertz CT molecular complexity index is 653. The summed E-state index contributed by atoms with van der Waals surface area (Å²) in [7, 11) is 0. The number of anilines is 1. The first-order valence-electron chi connectivity index (χ1n) is 6.80. The molecule has 21 heavy (non-hydrogen) atoms. The van der Waals surface area contributed by atoms with Crippen LogP contribution in [-0.4, -0.2) is 12.0 Å². The molecule has 3 nitrogen and oxygen atoms in total. The number of amides is 1. The van der Waals surface area contributed by atoms with E-state index in [9.17, 15) is 4.79 Å². The number of rotatable bonds is 4. The van der Waals surface area contributed by atoms with Crippen LogP contribution in [0.5, 0.6) is 5.75 Å². The van der Waals surface area contributed by atoms with Crippen LogP contribution in [0.1, 0.15) is 29.8 Å². The van der Waals surface area contributed by atoms with Crippen molar-refractivity contribution in [3.05, 3.63) is 58.6 Å². The van der Waals surface area contributed by atoms with Gasteiger partial charge in [-0.25, -0.2) is 0 Å². The summed E-state index contributed by atoms with van der Waals surface area (Å²) in [6.07, 6.45) is 0.0680. The van der Waals surface area contributed by atoms with Crippen LogP contribution in [0.25, 0.3) is 0 Å². The van der Waals surface area contributed by atoms with Crippen LogP contribution >= 0.6 is 11.6 Å². The van der Waals surface area contributed by atoms with Gasteiger partial charge < -0.3 is 10.1 Å². The number of carbonyl (C=O) groups is 1. The summed E-state index contributed by atoms with van der Waals surface area (Å²) in [5.74, 6) is 0.495. The van der Waals surface area contributed by atoms with Crippen molar-refractivity contribution in [2.75, 3.05) is 5.32 Å². The molecule has 0 heterocycles.